The zero-order valence-electron chi connectivity index (χ0n) is 14.4. The molecule has 2 nitrogen and oxygen atoms in total. The van der Waals surface area contributed by atoms with Crippen molar-refractivity contribution in [2.75, 3.05) is 10.2 Å². The second kappa shape index (κ2) is 8.45. The van der Waals surface area contributed by atoms with E-state index in [-0.39, 0.29) is 0 Å². The van der Waals surface area contributed by atoms with Gasteiger partial charge in [-0.1, -0.05) is 73.7 Å². The van der Waals surface area contributed by atoms with Gasteiger partial charge in [0, 0.05) is 11.4 Å². The van der Waals surface area contributed by atoms with Crippen LogP contribution in [0.25, 0.3) is 0 Å². The van der Waals surface area contributed by atoms with Crippen LogP contribution in [0.3, 0.4) is 0 Å². The largest absolute Gasteiger partial charge is 0.332 e. The predicted molar refractivity (Wildman–Crippen MR) is 111 cm³/mol. The normalized spacial score (nSPS) is 10.3. The second-order valence-corrected chi connectivity index (χ2v) is 6.23. The van der Waals surface area contributed by atoms with Crippen LogP contribution < -0.4 is 10.2 Å². The highest BCUT2D eigenvalue weighted by atomic mass is 32.1. The Hall–Kier alpha value is -2.65. The van der Waals surface area contributed by atoms with Gasteiger partial charge in [-0.15, -0.1) is 0 Å². The SMILES string of the molecule is CCc1ccccc1NC(=S)N(Cc1ccccc1)c1ccccc1. The first-order valence-corrected chi connectivity index (χ1v) is 8.94. The Kier molecular flexibility index (Phi) is 5.81. The number of para-hydroxylation sites is 2. The van der Waals surface area contributed by atoms with Crippen LogP contribution in [0.15, 0.2) is 84.9 Å². The van der Waals surface area contributed by atoms with E-state index in [9.17, 15) is 0 Å². The molecule has 0 saturated carbocycles. The first-order chi connectivity index (χ1) is 12.3. The summed E-state index contributed by atoms with van der Waals surface area (Å²) in [6.45, 7) is 2.88. The van der Waals surface area contributed by atoms with E-state index in [1.54, 1.807) is 0 Å². The predicted octanol–water partition coefficient (Wildman–Crippen LogP) is 5.65. The molecule has 0 spiro atoms. The maximum atomic E-state index is 5.76. The summed E-state index contributed by atoms with van der Waals surface area (Å²) in [7, 11) is 0. The highest BCUT2D eigenvalue weighted by Gasteiger charge is 2.14. The third-order valence-corrected chi connectivity index (χ3v) is 4.46. The van der Waals surface area contributed by atoms with Gasteiger partial charge in [0.2, 0.25) is 0 Å². The Morgan fingerprint density at radius 1 is 0.840 bits per heavy atom. The van der Waals surface area contributed by atoms with Crippen LogP contribution >= 0.6 is 12.2 Å². The van der Waals surface area contributed by atoms with Crippen molar-refractivity contribution in [2.45, 2.75) is 19.9 Å². The lowest BCUT2D eigenvalue weighted by molar-refractivity contribution is 1.01. The molecule has 0 heterocycles. The number of thiocarbonyl (C=S) groups is 1. The molecule has 25 heavy (non-hydrogen) atoms. The quantitative estimate of drug-likeness (QED) is 0.601. The van der Waals surface area contributed by atoms with E-state index in [2.05, 4.69) is 71.7 Å². The van der Waals surface area contributed by atoms with Crippen molar-refractivity contribution in [3.8, 4) is 0 Å². The summed E-state index contributed by atoms with van der Waals surface area (Å²) in [5.41, 5.74) is 4.64. The van der Waals surface area contributed by atoms with E-state index in [4.69, 9.17) is 12.2 Å². The summed E-state index contributed by atoms with van der Waals surface area (Å²) in [6, 6.07) is 29.0. The molecule has 0 unspecified atom stereocenters. The third-order valence-electron chi connectivity index (χ3n) is 4.14. The van der Waals surface area contributed by atoms with Gasteiger partial charge in [-0.25, -0.2) is 0 Å². The fourth-order valence-electron chi connectivity index (χ4n) is 2.79. The molecule has 0 aromatic heterocycles. The molecule has 3 aromatic rings. The summed E-state index contributed by atoms with van der Waals surface area (Å²) < 4.78 is 0. The molecule has 126 valence electrons. The maximum absolute atomic E-state index is 5.76. The minimum atomic E-state index is 0.705. The number of nitrogens with one attached hydrogen (secondary N) is 1. The molecule has 0 amide bonds. The minimum Gasteiger partial charge on any atom is -0.332 e. The van der Waals surface area contributed by atoms with Crippen molar-refractivity contribution in [1.29, 1.82) is 0 Å². The van der Waals surface area contributed by atoms with Crippen LogP contribution in [0.2, 0.25) is 0 Å². The molecule has 0 saturated heterocycles. The van der Waals surface area contributed by atoms with Gasteiger partial charge >= 0.3 is 0 Å². The standard InChI is InChI=1S/C22H22N2S/c1-2-19-13-9-10-16-21(19)23-22(25)24(20-14-7-4-8-15-20)17-18-11-5-3-6-12-18/h3-16H,2,17H2,1H3,(H,23,25). The highest BCUT2D eigenvalue weighted by molar-refractivity contribution is 7.80. The van der Waals surface area contributed by atoms with E-state index in [1.165, 1.54) is 11.1 Å². The molecule has 3 aromatic carbocycles. The topological polar surface area (TPSA) is 15.3 Å². The monoisotopic (exact) mass is 346 g/mol. The molecule has 0 fully saturated rings. The van der Waals surface area contributed by atoms with E-state index in [0.717, 1.165) is 24.3 Å². The van der Waals surface area contributed by atoms with Crippen LogP contribution in [-0.4, -0.2) is 5.11 Å². The molecule has 0 radical (unpaired) electrons. The van der Waals surface area contributed by atoms with Crippen LogP contribution in [-0.2, 0) is 13.0 Å². The third kappa shape index (κ3) is 4.46. The van der Waals surface area contributed by atoms with Crippen molar-refractivity contribution in [3.63, 3.8) is 0 Å². The minimum absolute atomic E-state index is 0.705. The van der Waals surface area contributed by atoms with Gasteiger partial charge < -0.3 is 10.2 Å². The van der Waals surface area contributed by atoms with Crippen LogP contribution in [0.4, 0.5) is 11.4 Å². The molecule has 3 rings (SSSR count). The summed E-state index contributed by atoms with van der Waals surface area (Å²) in [6.07, 6.45) is 0.968. The maximum Gasteiger partial charge on any atom is 0.178 e. The first-order valence-electron chi connectivity index (χ1n) is 8.53. The van der Waals surface area contributed by atoms with Crippen molar-refractivity contribution in [2.24, 2.45) is 0 Å². The molecule has 0 aliphatic rings. The number of rotatable bonds is 5. The zero-order chi connectivity index (χ0) is 17.5. The number of hydrogen-bond donors (Lipinski definition) is 1. The second-order valence-electron chi connectivity index (χ2n) is 5.85. The van der Waals surface area contributed by atoms with Gasteiger partial charge in [0.1, 0.15) is 0 Å². The summed E-state index contributed by atoms with van der Waals surface area (Å²) in [5.74, 6) is 0. The lowest BCUT2D eigenvalue weighted by Crippen LogP contribution is -2.34. The first kappa shape index (κ1) is 17.2. The number of benzene rings is 3. The molecular formula is C22H22N2S. The lowest BCUT2D eigenvalue weighted by Gasteiger charge is -2.27. The number of hydrogen-bond acceptors (Lipinski definition) is 1. The van der Waals surface area contributed by atoms with Crippen molar-refractivity contribution >= 4 is 28.7 Å². The van der Waals surface area contributed by atoms with Crippen LogP contribution in [0, 0.1) is 0 Å². The number of anilines is 2. The van der Waals surface area contributed by atoms with E-state index in [1.807, 2.05) is 30.3 Å². The van der Waals surface area contributed by atoms with Crippen molar-refractivity contribution in [3.05, 3.63) is 96.1 Å². The summed E-state index contributed by atoms with van der Waals surface area (Å²) in [5, 5.41) is 4.14. The molecule has 1 N–H and O–H groups in total. The van der Waals surface area contributed by atoms with Gasteiger partial charge in [0.15, 0.2) is 5.11 Å². The lowest BCUT2D eigenvalue weighted by atomic mass is 10.1. The van der Waals surface area contributed by atoms with Crippen LogP contribution in [0.5, 0.6) is 0 Å². The van der Waals surface area contributed by atoms with Gasteiger partial charge in [-0.2, -0.15) is 0 Å². The van der Waals surface area contributed by atoms with Crippen molar-refractivity contribution < 1.29 is 0 Å². The Morgan fingerprint density at radius 2 is 1.44 bits per heavy atom. The van der Waals surface area contributed by atoms with Crippen LogP contribution in [0.1, 0.15) is 18.1 Å². The Balaban J connectivity index is 1.87. The number of nitrogens with zero attached hydrogens (tertiary/aromatic N) is 1. The molecule has 0 aliphatic carbocycles. The van der Waals surface area contributed by atoms with Gasteiger partial charge in [0.25, 0.3) is 0 Å². The highest BCUT2D eigenvalue weighted by Crippen LogP contribution is 2.21. The van der Waals surface area contributed by atoms with E-state index < -0.39 is 0 Å². The molecule has 3 heteroatoms. The molecule has 0 bridgehead atoms. The average Bonchev–Trinajstić information content (AvgIpc) is 2.68. The molecule has 0 aliphatic heterocycles. The smallest absolute Gasteiger partial charge is 0.178 e. The summed E-state index contributed by atoms with van der Waals surface area (Å²) in [4.78, 5) is 2.14. The van der Waals surface area contributed by atoms with Gasteiger partial charge in [-0.3, -0.25) is 0 Å². The van der Waals surface area contributed by atoms with E-state index >= 15 is 0 Å². The van der Waals surface area contributed by atoms with Crippen molar-refractivity contribution in [1.82, 2.24) is 0 Å². The zero-order valence-corrected chi connectivity index (χ0v) is 15.2. The number of aryl methyl sites for hydroxylation is 1. The molecular weight excluding hydrogens is 324 g/mol. The summed E-state index contributed by atoms with van der Waals surface area (Å²) >= 11 is 5.76. The fourth-order valence-corrected chi connectivity index (χ4v) is 3.07. The Labute approximate surface area is 155 Å². The van der Waals surface area contributed by atoms with Gasteiger partial charge in [0.05, 0.1) is 6.54 Å². The van der Waals surface area contributed by atoms with Gasteiger partial charge in [-0.05, 0) is 48.0 Å². The Bertz CT molecular complexity index is 816. The van der Waals surface area contributed by atoms with E-state index in [0.29, 0.717) is 5.11 Å². The fraction of sp³-hybridized carbons (Fsp3) is 0.136. The average molecular weight is 346 g/mol. The Morgan fingerprint density at radius 3 is 2.12 bits per heavy atom. The molecule has 0 atom stereocenters.